The van der Waals surface area contributed by atoms with Crippen molar-refractivity contribution in [3.8, 4) is 5.69 Å². The summed E-state index contributed by atoms with van der Waals surface area (Å²) in [6.45, 7) is 8.15. The third-order valence-corrected chi connectivity index (χ3v) is 7.37. The smallest absolute Gasteiger partial charge is 0.326 e. The van der Waals surface area contributed by atoms with Crippen LogP contribution in [0.3, 0.4) is 0 Å². The molecule has 2 atom stereocenters. The molecule has 1 aliphatic rings. The molecule has 1 unspecified atom stereocenters. The summed E-state index contributed by atoms with van der Waals surface area (Å²) in [5.74, 6) is -3.07. The highest BCUT2D eigenvalue weighted by Gasteiger charge is 2.32. The minimum absolute atomic E-state index is 0.0504. The summed E-state index contributed by atoms with van der Waals surface area (Å²) in [4.78, 5) is 38.8. The quantitative estimate of drug-likeness (QED) is 0.234. The molecule has 1 aromatic heterocycles. The van der Waals surface area contributed by atoms with Gasteiger partial charge in [0.2, 0.25) is 0 Å². The van der Waals surface area contributed by atoms with E-state index >= 15 is 0 Å². The van der Waals surface area contributed by atoms with Gasteiger partial charge in [-0.15, -0.1) is 0 Å². The molecule has 1 aliphatic carbocycles. The van der Waals surface area contributed by atoms with Crippen LogP contribution in [0, 0.1) is 11.6 Å². The van der Waals surface area contributed by atoms with Crippen molar-refractivity contribution in [3.63, 3.8) is 0 Å². The number of nitrogens with zero attached hydrogens (tertiary/aromatic N) is 1. The third kappa shape index (κ3) is 8.14. The number of carbonyl (C=O) groups excluding carboxylic acids is 2. The highest BCUT2D eigenvalue weighted by molar-refractivity contribution is 6.11. The Morgan fingerprint density at radius 3 is 2.30 bits per heavy atom. The van der Waals surface area contributed by atoms with Gasteiger partial charge in [-0.2, -0.15) is 0 Å². The lowest BCUT2D eigenvalue weighted by Crippen LogP contribution is -2.50. The molecule has 1 fully saturated rings. The molecule has 0 bridgehead atoms. The number of benzene rings is 2. The zero-order valence-corrected chi connectivity index (χ0v) is 25.0. The molecule has 8 nitrogen and oxygen atoms in total. The predicted molar refractivity (Wildman–Crippen MR) is 160 cm³/mol. The first-order valence-electron chi connectivity index (χ1n) is 14.6. The molecule has 3 aromatic rings. The Bertz CT molecular complexity index is 1510. The molecule has 1 saturated carbocycles. The Labute approximate surface area is 250 Å². The fourth-order valence-electron chi connectivity index (χ4n) is 5.32. The number of nitrogen functional groups attached to an aromatic ring is 1. The van der Waals surface area contributed by atoms with Gasteiger partial charge in [0.15, 0.2) is 5.78 Å². The van der Waals surface area contributed by atoms with Crippen molar-refractivity contribution in [2.24, 2.45) is 0 Å². The van der Waals surface area contributed by atoms with Gasteiger partial charge in [0.05, 0.1) is 28.5 Å². The molecule has 230 valence electrons. The lowest BCUT2D eigenvalue weighted by molar-refractivity contribution is -0.158. The predicted octanol–water partition coefficient (Wildman–Crippen LogP) is 5.12. The largest absolute Gasteiger partial charge is 0.461 e. The number of nitrogens with one attached hydrogen (secondary N) is 1. The second-order valence-electron chi connectivity index (χ2n) is 11.9. The molecule has 0 aliphatic heterocycles. The number of pyridine rings is 1. The van der Waals surface area contributed by atoms with Crippen LogP contribution in [0.4, 0.5) is 14.6 Å². The summed E-state index contributed by atoms with van der Waals surface area (Å²) in [6.07, 6.45) is 3.99. The summed E-state index contributed by atoms with van der Waals surface area (Å²) >= 11 is 0. The molecule has 0 radical (unpaired) electrons. The number of nitrogens with two attached hydrogens (primary N) is 1. The maximum Gasteiger partial charge on any atom is 0.326 e. The molecule has 3 N–H and O–H groups in total. The monoisotopic (exact) mass is 595 g/mol. The molecule has 10 heteroatoms. The average Bonchev–Trinajstić information content (AvgIpc) is 3.43. The van der Waals surface area contributed by atoms with Crippen molar-refractivity contribution in [2.75, 3.05) is 12.3 Å². The van der Waals surface area contributed by atoms with Crippen LogP contribution in [0.5, 0.6) is 0 Å². The summed E-state index contributed by atoms with van der Waals surface area (Å²) in [5, 5.41) is 3.31. The van der Waals surface area contributed by atoms with E-state index in [2.05, 4.69) is 5.32 Å². The molecule has 2 aromatic carbocycles. The van der Waals surface area contributed by atoms with Gasteiger partial charge in [-0.05, 0) is 95.7 Å². The van der Waals surface area contributed by atoms with Crippen molar-refractivity contribution in [3.05, 3.63) is 93.3 Å². The molecule has 43 heavy (non-hydrogen) atoms. The number of rotatable bonds is 11. The van der Waals surface area contributed by atoms with E-state index in [0.717, 1.165) is 47.9 Å². The zero-order chi connectivity index (χ0) is 31.3. The van der Waals surface area contributed by atoms with Crippen LogP contribution in [-0.2, 0) is 20.7 Å². The van der Waals surface area contributed by atoms with E-state index in [4.69, 9.17) is 15.2 Å². The molecular weight excluding hydrogens is 556 g/mol. The summed E-state index contributed by atoms with van der Waals surface area (Å²) < 4.78 is 40.6. The highest BCUT2D eigenvalue weighted by atomic mass is 19.1. The van der Waals surface area contributed by atoms with Crippen molar-refractivity contribution in [2.45, 2.75) is 83.6 Å². The number of halogens is 2. The van der Waals surface area contributed by atoms with Gasteiger partial charge in [0.1, 0.15) is 29.6 Å². The Morgan fingerprint density at radius 1 is 1.02 bits per heavy atom. The first-order valence-corrected chi connectivity index (χ1v) is 14.6. The third-order valence-electron chi connectivity index (χ3n) is 7.37. The van der Waals surface area contributed by atoms with Crippen molar-refractivity contribution >= 4 is 17.6 Å². The van der Waals surface area contributed by atoms with Gasteiger partial charge in [0, 0.05) is 18.7 Å². The fraction of sp³-hybridized carbons (Fsp3) is 0.424. The first kappa shape index (κ1) is 32.0. The van der Waals surface area contributed by atoms with Crippen LogP contribution in [0.15, 0.2) is 59.4 Å². The van der Waals surface area contributed by atoms with E-state index in [-0.39, 0.29) is 29.0 Å². The minimum atomic E-state index is -1.02. The lowest BCUT2D eigenvalue weighted by atomic mass is 10.0. The zero-order valence-electron chi connectivity index (χ0n) is 25.0. The second-order valence-corrected chi connectivity index (χ2v) is 11.9. The number of ketones is 1. The standard InChI is InChI=1S/C33H39F2N3O5/c1-20(43-33(2,3)4)29(32(41)42-24-7-5-6-8-24)37-18-17-21-9-12-23(13-10-21)38-28(39)16-15-26(31(38)36)30(40)25-14-11-22(34)19-27(25)35/h9-16,19-20,24,29,37H,5-8,17-18,36H2,1-4H3/t20?,29-/m0/s1. The van der Waals surface area contributed by atoms with E-state index in [1.165, 1.54) is 12.1 Å². The molecular formula is C33H39F2N3O5. The molecule has 0 amide bonds. The molecule has 1 heterocycles. The summed E-state index contributed by atoms with van der Waals surface area (Å²) in [6, 6.07) is 11.4. The number of anilines is 1. The molecule has 4 rings (SSSR count). The number of carbonyl (C=O) groups is 2. The van der Waals surface area contributed by atoms with E-state index in [0.29, 0.717) is 24.7 Å². The van der Waals surface area contributed by atoms with Crippen LogP contribution < -0.4 is 16.6 Å². The fourth-order valence-corrected chi connectivity index (χ4v) is 5.32. The van der Waals surface area contributed by atoms with Gasteiger partial charge < -0.3 is 20.5 Å². The normalized spacial score (nSPS) is 15.3. The topological polar surface area (TPSA) is 113 Å². The number of hydrogen-bond donors (Lipinski definition) is 2. The number of ether oxygens (including phenoxy) is 2. The number of hydrogen-bond acceptors (Lipinski definition) is 7. The van der Waals surface area contributed by atoms with Crippen LogP contribution in [-0.4, -0.2) is 46.7 Å². The number of aromatic nitrogens is 1. The second kappa shape index (κ2) is 13.6. The Hall–Kier alpha value is -3.89. The van der Waals surface area contributed by atoms with Crippen molar-refractivity contribution in [1.29, 1.82) is 0 Å². The summed E-state index contributed by atoms with van der Waals surface area (Å²) in [5.41, 5.74) is 6.23. The van der Waals surface area contributed by atoms with E-state index in [1.807, 2.05) is 39.8 Å². The van der Waals surface area contributed by atoms with E-state index in [1.54, 1.807) is 12.1 Å². The van der Waals surface area contributed by atoms with Gasteiger partial charge in [-0.25, -0.2) is 8.78 Å². The van der Waals surface area contributed by atoms with Crippen molar-refractivity contribution < 1.29 is 27.8 Å². The first-order chi connectivity index (χ1) is 20.3. The molecule has 0 saturated heterocycles. The highest BCUT2D eigenvalue weighted by Crippen LogP contribution is 2.23. The van der Waals surface area contributed by atoms with Gasteiger partial charge in [-0.1, -0.05) is 12.1 Å². The van der Waals surface area contributed by atoms with Crippen molar-refractivity contribution in [1.82, 2.24) is 9.88 Å². The molecule has 0 spiro atoms. The van der Waals surface area contributed by atoms with Crippen LogP contribution >= 0.6 is 0 Å². The van der Waals surface area contributed by atoms with Gasteiger partial charge >= 0.3 is 5.97 Å². The number of esters is 1. The lowest BCUT2D eigenvalue weighted by Gasteiger charge is -2.31. The van der Waals surface area contributed by atoms with Gasteiger partial charge in [-0.3, -0.25) is 19.0 Å². The van der Waals surface area contributed by atoms with Crippen LogP contribution in [0.2, 0.25) is 0 Å². The minimum Gasteiger partial charge on any atom is -0.461 e. The SMILES string of the molecule is CC(OC(C)(C)C)[C@H](NCCc1ccc(-n2c(N)c(C(=O)c3ccc(F)cc3F)ccc2=O)cc1)C(=O)OC1CCCC1. The maximum absolute atomic E-state index is 14.3. The van der Waals surface area contributed by atoms with Gasteiger partial charge in [0.25, 0.3) is 5.56 Å². The van der Waals surface area contributed by atoms with E-state index < -0.39 is 40.7 Å². The Morgan fingerprint density at radius 2 is 1.67 bits per heavy atom. The average molecular weight is 596 g/mol. The Balaban J connectivity index is 1.46. The van der Waals surface area contributed by atoms with E-state index in [9.17, 15) is 23.2 Å². The summed E-state index contributed by atoms with van der Waals surface area (Å²) in [7, 11) is 0. The van der Waals surface area contributed by atoms with Crippen LogP contribution in [0.25, 0.3) is 5.69 Å². The van der Waals surface area contributed by atoms with Crippen LogP contribution in [0.1, 0.15) is 74.9 Å². The Kier molecular flexibility index (Phi) is 10.1. The maximum atomic E-state index is 14.3.